The maximum atomic E-state index is 12.2. The predicted molar refractivity (Wildman–Crippen MR) is 112 cm³/mol. The van der Waals surface area contributed by atoms with Gasteiger partial charge < -0.3 is 4.40 Å². The summed E-state index contributed by atoms with van der Waals surface area (Å²) in [5.74, 6) is 0. The third-order valence-electron chi connectivity index (χ3n) is 4.90. The Kier molecular flexibility index (Phi) is 3.89. The molecule has 1 unspecified atom stereocenters. The molecule has 2 heterocycles. The molecule has 2 aromatic heterocycles. The first-order valence-corrected chi connectivity index (χ1v) is 10.9. The molecule has 0 spiro atoms. The molecule has 0 amide bonds. The lowest BCUT2D eigenvalue weighted by Gasteiger charge is -2.19. The molecule has 0 saturated heterocycles. The van der Waals surface area contributed by atoms with Crippen LogP contribution in [0.3, 0.4) is 0 Å². The van der Waals surface area contributed by atoms with Gasteiger partial charge in [0.25, 0.3) is 0 Å². The summed E-state index contributed by atoms with van der Waals surface area (Å²) in [6, 6.07) is 18.0. The second-order valence-electron chi connectivity index (χ2n) is 8.05. The Morgan fingerprint density at radius 1 is 1.00 bits per heavy atom. The quantitative estimate of drug-likeness (QED) is 0.502. The molecule has 2 aromatic carbocycles. The van der Waals surface area contributed by atoms with E-state index in [0.717, 1.165) is 27.8 Å². The van der Waals surface area contributed by atoms with E-state index in [1.165, 1.54) is 11.8 Å². The van der Waals surface area contributed by atoms with E-state index in [4.69, 9.17) is 9.76 Å². The number of aromatic nitrogens is 2. The van der Waals surface area contributed by atoms with Crippen molar-refractivity contribution in [1.82, 2.24) is 9.38 Å². The highest BCUT2D eigenvalue weighted by Crippen LogP contribution is 2.30. The van der Waals surface area contributed by atoms with Gasteiger partial charge in [-0.25, -0.2) is 14.0 Å². The topological polar surface area (TPSA) is 58.2 Å². The fourth-order valence-corrected chi connectivity index (χ4v) is 4.01. The predicted octanol–water partition coefficient (Wildman–Crippen LogP) is 5.49. The van der Waals surface area contributed by atoms with Crippen molar-refractivity contribution in [2.75, 3.05) is 6.26 Å². The summed E-state index contributed by atoms with van der Waals surface area (Å²) in [6.45, 7) is 6.60. The van der Waals surface area contributed by atoms with Crippen LogP contribution in [0.25, 0.3) is 27.8 Å². The van der Waals surface area contributed by atoms with Crippen molar-refractivity contribution >= 4 is 26.3 Å². The van der Waals surface area contributed by atoms with Crippen LogP contribution in [0.15, 0.2) is 65.7 Å². The molecule has 138 valence electrons. The zero-order valence-electron chi connectivity index (χ0n) is 16.0. The third kappa shape index (κ3) is 3.12. The second-order valence-corrected chi connectivity index (χ2v) is 10.2. The van der Waals surface area contributed by atoms with Crippen molar-refractivity contribution in [2.24, 2.45) is 0 Å². The van der Waals surface area contributed by atoms with Crippen LogP contribution in [0, 0.1) is 4.78 Å². The van der Waals surface area contributed by atoms with Crippen LogP contribution in [0.5, 0.6) is 0 Å². The largest absolute Gasteiger partial charge is 0.313 e. The molecule has 0 aliphatic rings. The highest BCUT2D eigenvalue weighted by atomic mass is 32.2. The van der Waals surface area contributed by atoms with E-state index in [-0.39, 0.29) is 5.41 Å². The first-order chi connectivity index (χ1) is 12.6. The maximum Gasteiger partial charge on any atom is 0.0950 e. The Labute approximate surface area is 159 Å². The number of rotatable bonds is 2. The van der Waals surface area contributed by atoms with Gasteiger partial charge in [-0.2, -0.15) is 0 Å². The van der Waals surface area contributed by atoms with Gasteiger partial charge >= 0.3 is 0 Å². The van der Waals surface area contributed by atoms with Gasteiger partial charge in [0.1, 0.15) is 0 Å². The van der Waals surface area contributed by atoms with Gasteiger partial charge in [0.05, 0.1) is 32.0 Å². The minimum atomic E-state index is -2.78. The Morgan fingerprint density at radius 3 is 2.33 bits per heavy atom. The maximum absolute atomic E-state index is 12.2. The van der Waals surface area contributed by atoms with Crippen molar-refractivity contribution < 1.29 is 4.21 Å². The monoisotopic (exact) mass is 377 g/mol. The van der Waals surface area contributed by atoms with Crippen LogP contribution in [0.2, 0.25) is 0 Å². The number of nitrogens with zero attached hydrogens (tertiary/aromatic N) is 2. The van der Waals surface area contributed by atoms with Crippen molar-refractivity contribution in [1.29, 1.82) is 4.78 Å². The fraction of sp³-hybridized carbons (Fsp3) is 0.227. The Balaban J connectivity index is 1.97. The molecule has 4 aromatic rings. The van der Waals surface area contributed by atoms with Crippen molar-refractivity contribution in [3.05, 3.63) is 66.4 Å². The summed E-state index contributed by atoms with van der Waals surface area (Å²) in [6.07, 6.45) is 3.45. The van der Waals surface area contributed by atoms with Gasteiger partial charge in [-0.3, -0.25) is 0 Å². The molecule has 5 heteroatoms. The summed E-state index contributed by atoms with van der Waals surface area (Å²) < 4.78 is 22.1. The van der Waals surface area contributed by atoms with Crippen LogP contribution >= 0.6 is 0 Å². The lowest BCUT2D eigenvalue weighted by Crippen LogP contribution is -2.10. The first-order valence-electron chi connectivity index (χ1n) is 8.90. The van der Waals surface area contributed by atoms with E-state index in [2.05, 4.69) is 55.5 Å². The number of fused-ring (bicyclic) bond motifs is 3. The average Bonchev–Trinajstić information content (AvgIpc) is 3.09. The van der Waals surface area contributed by atoms with Crippen LogP contribution < -0.4 is 0 Å². The molecule has 0 fully saturated rings. The van der Waals surface area contributed by atoms with E-state index >= 15 is 0 Å². The summed E-state index contributed by atoms with van der Waals surface area (Å²) >= 11 is 0. The second kappa shape index (κ2) is 5.92. The lowest BCUT2D eigenvalue weighted by molar-refractivity contribution is 0.590. The molecule has 0 aliphatic carbocycles. The van der Waals surface area contributed by atoms with Crippen LogP contribution in [-0.2, 0) is 15.1 Å². The van der Waals surface area contributed by atoms with Gasteiger partial charge in [0.15, 0.2) is 0 Å². The third-order valence-corrected chi connectivity index (χ3v) is 6.06. The molecule has 4 nitrogen and oxygen atoms in total. The van der Waals surface area contributed by atoms with E-state index in [1.807, 2.05) is 18.3 Å². The summed E-state index contributed by atoms with van der Waals surface area (Å²) in [4.78, 5) is 5.38. The normalized spacial score (nSPS) is 14.5. The van der Waals surface area contributed by atoms with Gasteiger partial charge in [-0.15, -0.1) is 0 Å². The number of nitrogens with one attached hydrogen (secondary N) is 1. The van der Waals surface area contributed by atoms with Gasteiger partial charge in [-0.05, 0) is 41.3 Å². The standard InChI is InChI=1S/C22H23N3OS/c1-22(2,3)16-9-7-15(8-10-16)21-20-6-5-13-25(20)19-12-11-17(27(4,23)26)14-18(19)24-21/h5-14,23H,1-4H3. The molecule has 0 saturated carbocycles. The molecule has 27 heavy (non-hydrogen) atoms. The molecule has 0 radical (unpaired) electrons. The summed E-state index contributed by atoms with van der Waals surface area (Å²) in [5, 5.41) is 0. The van der Waals surface area contributed by atoms with Crippen LogP contribution in [0.4, 0.5) is 0 Å². The Morgan fingerprint density at radius 2 is 1.70 bits per heavy atom. The number of hydrogen-bond acceptors (Lipinski definition) is 3. The van der Waals surface area contributed by atoms with Crippen LogP contribution in [-0.4, -0.2) is 19.8 Å². The molecule has 1 atom stereocenters. The zero-order valence-corrected chi connectivity index (χ0v) is 16.8. The summed E-state index contributed by atoms with van der Waals surface area (Å²) in [5.41, 5.74) is 6.03. The minimum absolute atomic E-state index is 0.101. The van der Waals surface area contributed by atoms with Gasteiger partial charge in [-0.1, -0.05) is 45.0 Å². The van der Waals surface area contributed by atoms with E-state index in [9.17, 15) is 4.21 Å². The molecule has 0 aliphatic heterocycles. The van der Waals surface area contributed by atoms with E-state index in [1.54, 1.807) is 12.1 Å². The molecular formula is C22H23N3OS. The minimum Gasteiger partial charge on any atom is -0.313 e. The van der Waals surface area contributed by atoms with E-state index < -0.39 is 9.73 Å². The number of hydrogen-bond donors (Lipinski definition) is 1. The highest BCUT2D eigenvalue weighted by molar-refractivity contribution is 7.91. The van der Waals surface area contributed by atoms with Crippen molar-refractivity contribution in [3.63, 3.8) is 0 Å². The highest BCUT2D eigenvalue weighted by Gasteiger charge is 2.15. The zero-order chi connectivity index (χ0) is 19.4. The van der Waals surface area contributed by atoms with Crippen LogP contribution in [0.1, 0.15) is 26.3 Å². The number of benzene rings is 2. The fourth-order valence-electron chi connectivity index (χ4n) is 3.34. The smallest absolute Gasteiger partial charge is 0.0950 e. The SMILES string of the molecule is CC(C)(C)c1ccc(-c2nc3cc(S(C)(=N)=O)ccc3n3cccc23)cc1. The lowest BCUT2D eigenvalue weighted by atomic mass is 9.86. The van der Waals surface area contributed by atoms with Gasteiger partial charge in [0, 0.05) is 22.9 Å². The molecule has 1 N–H and O–H groups in total. The summed E-state index contributed by atoms with van der Waals surface area (Å²) in [7, 11) is -2.78. The molecule has 0 bridgehead atoms. The van der Waals surface area contributed by atoms with Gasteiger partial charge in [0.2, 0.25) is 0 Å². The molecule has 4 rings (SSSR count). The van der Waals surface area contributed by atoms with Crippen molar-refractivity contribution in [3.8, 4) is 11.3 Å². The van der Waals surface area contributed by atoms with E-state index in [0.29, 0.717) is 4.90 Å². The Bertz CT molecular complexity index is 1260. The average molecular weight is 378 g/mol. The first kappa shape index (κ1) is 17.7. The Hall–Kier alpha value is -2.66. The molecular weight excluding hydrogens is 354 g/mol. The van der Waals surface area contributed by atoms with Crippen molar-refractivity contribution in [2.45, 2.75) is 31.1 Å².